The second-order valence-electron chi connectivity index (χ2n) is 7.41. The third kappa shape index (κ3) is 3.97. The van der Waals surface area contributed by atoms with Crippen LogP contribution in [0.4, 0.5) is 5.69 Å². The zero-order valence-electron chi connectivity index (χ0n) is 16.4. The lowest BCUT2D eigenvalue weighted by Gasteiger charge is -2.22. The van der Waals surface area contributed by atoms with Crippen molar-refractivity contribution < 1.29 is 0 Å². The number of fused-ring (bicyclic) bond motifs is 1. The molecule has 0 bridgehead atoms. The van der Waals surface area contributed by atoms with Gasteiger partial charge in [-0.15, -0.1) is 0 Å². The van der Waals surface area contributed by atoms with Gasteiger partial charge in [-0.2, -0.15) is 5.26 Å². The average Bonchev–Trinajstić information content (AvgIpc) is 2.90. The highest BCUT2D eigenvalue weighted by atomic mass is 15.4. The predicted octanol–water partition coefficient (Wildman–Crippen LogP) is 2.92. The molecule has 29 heavy (non-hydrogen) atoms. The summed E-state index contributed by atoms with van der Waals surface area (Å²) in [6.07, 6.45) is 5.68. The molecule has 2 heterocycles. The van der Waals surface area contributed by atoms with E-state index in [0.717, 1.165) is 42.9 Å². The molecule has 0 saturated heterocycles. The third-order valence-corrected chi connectivity index (χ3v) is 5.60. The summed E-state index contributed by atoms with van der Waals surface area (Å²) >= 11 is 0. The van der Waals surface area contributed by atoms with Gasteiger partial charge in [0.15, 0.2) is 0 Å². The molecule has 2 aromatic carbocycles. The van der Waals surface area contributed by atoms with Crippen LogP contribution in [0.1, 0.15) is 41.1 Å². The highest BCUT2D eigenvalue weighted by Gasteiger charge is 2.25. The molecule has 6 heteroatoms. The first-order chi connectivity index (χ1) is 14.2. The van der Waals surface area contributed by atoms with Gasteiger partial charge in [0, 0.05) is 30.5 Å². The molecular weight excluding hydrogens is 360 g/mol. The van der Waals surface area contributed by atoms with Crippen molar-refractivity contribution in [2.45, 2.75) is 18.9 Å². The molecule has 0 saturated carbocycles. The number of nitriles is 1. The Morgan fingerprint density at radius 2 is 2.14 bits per heavy atom. The van der Waals surface area contributed by atoms with E-state index in [1.165, 1.54) is 16.7 Å². The minimum atomic E-state index is 0.0599. The molecule has 1 atom stereocenters. The Kier molecular flexibility index (Phi) is 5.52. The average molecular weight is 387 g/mol. The van der Waals surface area contributed by atoms with Crippen LogP contribution in [0.2, 0.25) is 0 Å². The standard InChI is InChI=1S/C23H26N6/c24-14-16-2-1-3-19(12-16)28-22-8-11-29(26)23(15-25)20-5-4-18(13-21(20)22)17-6-9-27-10-7-17/h1-6,12-13,15,22,27-28H,7-11,25-26H2/b23-15-. The molecular formula is C23H26N6. The maximum atomic E-state index is 9.22. The zero-order valence-corrected chi connectivity index (χ0v) is 16.4. The maximum Gasteiger partial charge on any atom is 0.0992 e. The van der Waals surface area contributed by atoms with Crippen LogP contribution in [0.5, 0.6) is 0 Å². The molecule has 148 valence electrons. The quantitative estimate of drug-likeness (QED) is 0.605. The molecule has 6 N–H and O–H groups in total. The molecule has 2 aliphatic heterocycles. The number of hydrogen-bond donors (Lipinski definition) is 4. The van der Waals surface area contributed by atoms with E-state index in [1.54, 1.807) is 11.2 Å². The largest absolute Gasteiger partial charge is 0.403 e. The summed E-state index contributed by atoms with van der Waals surface area (Å²) in [5.74, 6) is 6.28. The molecule has 0 aliphatic carbocycles. The fourth-order valence-corrected chi connectivity index (χ4v) is 4.08. The van der Waals surface area contributed by atoms with Crippen molar-refractivity contribution in [1.29, 1.82) is 5.26 Å². The Morgan fingerprint density at radius 1 is 1.24 bits per heavy atom. The van der Waals surface area contributed by atoms with Gasteiger partial charge in [-0.1, -0.05) is 24.3 Å². The second-order valence-corrected chi connectivity index (χ2v) is 7.41. The Bertz CT molecular complexity index is 1000. The van der Waals surface area contributed by atoms with Crippen LogP contribution in [-0.2, 0) is 0 Å². The molecule has 0 amide bonds. The van der Waals surface area contributed by atoms with Gasteiger partial charge < -0.3 is 21.4 Å². The molecule has 0 spiro atoms. The second kappa shape index (κ2) is 8.39. The summed E-state index contributed by atoms with van der Waals surface area (Å²) in [5, 5.41) is 17.9. The normalized spacial score (nSPS) is 20.4. The predicted molar refractivity (Wildman–Crippen MR) is 117 cm³/mol. The van der Waals surface area contributed by atoms with Gasteiger partial charge in [-0.3, -0.25) is 0 Å². The lowest BCUT2D eigenvalue weighted by molar-refractivity contribution is 0.404. The molecule has 0 radical (unpaired) electrons. The number of rotatable bonds is 3. The van der Waals surface area contributed by atoms with E-state index in [1.807, 2.05) is 24.3 Å². The van der Waals surface area contributed by atoms with E-state index in [9.17, 15) is 5.26 Å². The van der Waals surface area contributed by atoms with Crippen molar-refractivity contribution in [1.82, 2.24) is 10.3 Å². The van der Waals surface area contributed by atoms with Crippen LogP contribution < -0.4 is 22.2 Å². The number of hydrogen-bond acceptors (Lipinski definition) is 6. The Labute approximate surface area is 171 Å². The first-order valence-corrected chi connectivity index (χ1v) is 9.95. The summed E-state index contributed by atoms with van der Waals surface area (Å²) in [6.45, 7) is 2.57. The Balaban J connectivity index is 1.76. The summed E-state index contributed by atoms with van der Waals surface area (Å²) < 4.78 is 0. The molecule has 1 unspecified atom stereocenters. The number of benzene rings is 2. The monoisotopic (exact) mass is 386 g/mol. The number of nitrogens with two attached hydrogens (primary N) is 2. The van der Waals surface area contributed by atoms with Crippen LogP contribution in [-0.4, -0.2) is 24.6 Å². The van der Waals surface area contributed by atoms with E-state index < -0.39 is 0 Å². The first-order valence-electron chi connectivity index (χ1n) is 9.95. The highest BCUT2D eigenvalue weighted by Crippen LogP contribution is 2.36. The fourth-order valence-electron chi connectivity index (χ4n) is 4.08. The molecule has 0 fully saturated rings. The highest BCUT2D eigenvalue weighted by molar-refractivity contribution is 5.74. The van der Waals surface area contributed by atoms with E-state index in [2.05, 4.69) is 41.0 Å². The van der Waals surface area contributed by atoms with Crippen molar-refractivity contribution in [2.24, 2.45) is 11.6 Å². The SMILES string of the molecule is N#Cc1cccc(NC2CCN(N)/C(=C\N)c3ccc(C4=CCNCC4)cc32)c1. The zero-order chi connectivity index (χ0) is 20.2. The van der Waals surface area contributed by atoms with E-state index >= 15 is 0 Å². The molecule has 4 rings (SSSR count). The van der Waals surface area contributed by atoms with Crippen molar-refractivity contribution in [3.8, 4) is 6.07 Å². The number of anilines is 1. The van der Waals surface area contributed by atoms with Crippen LogP contribution in [0.25, 0.3) is 11.3 Å². The number of nitrogens with one attached hydrogen (secondary N) is 2. The lowest BCUT2D eigenvalue weighted by Crippen LogP contribution is -2.30. The number of hydrazine groups is 1. The molecule has 0 aromatic heterocycles. The van der Waals surface area contributed by atoms with Crippen molar-refractivity contribution in [2.75, 3.05) is 25.0 Å². The van der Waals surface area contributed by atoms with E-state index in [4.69, 9.17) is 11.6 Å². The minimum Gasteiger partial charge on any atom is -0.403 e. The third-order valence-electron chi connectivity index (χ3n) is 5.60. The summed E-state index contributed by atoms with van der Waals surface area (Å²) in [5.41, 5.74) is 13.2. The minimum absolute atomic E-state index is 0.0599. The van der Waals surface area contributed by atoms with Gasteiger partial charge in [0.2, 0.25) is 0 Å². The van der Waals surface area contributed by atoms with Gasteiger partial charge in [0.25, 0.3) is 0 Å². The van der Waals surface area contributed by atoms with Crippen molar-refractivity contribution >= 4 is 17.0 Å². The summed E-state index contributed by atoms with van der Waals surface area (Å²) in [7, 11) is 0. The van der Waals surface area contributed by atoms with Crippen LogP contribution in [0.3, 0.4) is 0 Å². The molecule has 6 nitrogen and oxygen atoms in total. The van der Waals surface area contributed by atoms with Crippen LogP contribution in [0, 0.1) is 11.3 Å². The van der Waals surface area contributed by atoms with Crippen molar-refractivity contribution in [3.63, 3.8) is 0 Å². The van der Waals surface area contributed by atoms with Gasteiger partial charge in [-0.25, -0.2) is 5.84 Å². The van der Waals surface area contributed by atoms with Gasteiger partial charge in [0.05, 0.1) is 23.4 Å². The molecule has 2 aromatic rings. The van der Waals surface area contributed by atoms with Gasteiger partial charge >= 0.3 is 0 Å². The Morgan fingerprint density at radius 3 is 2.90 bits per heavy atom. The molecule has 2 aliphatic rings. The fraction of sp³-hybridized carbons (Fsp3) is 0.261. The van der Waals surface area contributed by atoms with Gasteiger partial charge in [0.1, 0.15) is 0 Å². The van der Waals surface area contributed by atoms with Crippen LogP contribution in [0.15, 0.2) is 54.7 Å². The summed E-state index contributed by atoms with van der Waals surface area (Å²) in [4.78, 5) is 0. The lowest BCUT2D eigenvalue weighted by atomic mass is 9.91. The smallest absolute Gasteiger partial charge is 0.0992 e. The topological polar surface area (TPSA) is 103 Å². The first kappa shape index (κ1) is 19.1. The van der Waals surface area contributed by atoms with Crippen molar-refractivity contribution in [3.05, 3.63) is 77.0 Å². The van der Waals surface area contributed by atoms with E-state index in [0.29, 0.717) is 12.1 Å². The Hall–Kier alpha value is -3.27. The van der Waals surface area contributed by atoms with Crippen LogP contribution >= 0.6 is 0 Å². The summed E-state index contributed by atoms with van der Waals surface area (Å²) in [6, 6.07) is 16.4. The number of nitrogens with zero attached hydrogens (tertiary/aromatic N) is 2. The van der Waals surface area contributed by atoms with E-state index in [-0.39, 0.29) is 6.04 Å². The van der Waals surface area contributed by atoms with Gasteiger partial charge in [-0.05, 0) is 60.4 Å². The maximum absolute atomic E-state index is 9.22.